The summed E-state index contributed by atoms with van der Waals surface area (Å²) in [4.78, 5) is 19.6. The number of nitrogens with zero attached hydrogens (tertiary/aromatic N) is 4. The molecule has 1 aliphatic carbocycles. The Kier molecular flexibility index (Phi) is 4.72. The minimum atomic E-state index is -0.326. The Morgan fingerprint density at radius 2 is 2.26 bits per heavy atom. The van der Waals surface area contributed by atoms with E-state index in [4.69, 9.17) is 4.74 Å². The molecule has 0 unspecified atom stereocenters. The maximum atomic E-state index is 12.1. The van der Waals surface area contributed by atoms with Gasteiger partial charge in [-0.15, -0.1) is 10.2 Å². The van der Waals surface area contributed by atoms with Gasteiger partial charge in [-0.3, -0.25) is 4.40 Å². The van der Waals surface area contributed by atoms with Crippen molar-refractivity contribution >= 4 is 22.9 Å². The number of amides is 1. The molecule has 3 atom stereocenters. The molecule has 144 valence electrons. The molecule has 0 aliphatic heterocycles. The van der Waals surface area contributed by atoms with Gasteiger partial charge in [-0.1, -0.05) is 27.2 Å². The molecule has 27 heavy (non-hydrogen) atoms. The number of H-pyrrole nitrogens is 1. The van der Waals surface area contributed by atoms with Gasteiger partial charge in [-0.25, -0.2) is 9.78 Å². The molecule has 8 heteroatoms. The number of hydrogen-bond donors (Lipinski definition) is 2. The Hall–Kier alpha value is -2.64. The largest absolute Gasteiger partial charge is 0.446 e. The van der Waals surface area contributed by atoms with Crippen molar-refractivity contribution < 1.29 is 9.53 Å². The van der Waals surface area contributed by atoms with Gasteiger partial charge >= 0.3 is 6.09 Å². The van der Waals surface area contributed by atoms with Crippen LogP contribution in [-0.2, 0) is 4.74 Å². The van der Waals surface area contributed by atoms with Crippen molar-refractivity contribution in [3.05, 3.63) is 24.3 Å². The van der Waals surface area contributed by atoms with E-state index in [-0.39, 0.29) is 18.1 Å². The highest BCUT2D eigenvalue weighted by Crippen LogP contribution is 2.42. The van der Waals surface area contributed by atoms with Gasteiger partial charge in [0.05, 0.1) is 11.7 Å². The fourth-order valence-electron chi connectivity index (χ4n) is 4.06. The number of fused-ring (bicyclic) bond motifs is 3. The Bertz CT molecular complexity index is 946. The summed E-state index contributed by atoms with van der Waals surface area (Å²) in [5.74, 6) is 1.94. The van der Waals surface area contributed by atoms with Gasteiger partial charge in [0.1, 0.15) is 11.9 Å². The van der Waals surface area contributed by atoms with E-state index in [9.17, 15) is 4.79 Å². The lowest BCUT2D eigenvalue weighted by atomic mass is 9.93. The lowest BCUT2D eigenvalue weighted by molar-refractivity contribution is 0.0973. The number of carbonyl (C=O) groups is 1. The van der Waals surface area contributed by atoms with Crippen LogP contribution in [0.1, 0.15) is 51.8 Å². The molecule has 3 aromatic heterocycles. The van der Waals surface area contributed by atoms with E-state index in [0.717, 1.165) is 41.9 Å². The summed E-state index contributed by atoms with van der Waals surface area (Å²) in [6.45, 7) is 6.92. The van der Waals surface area contributed by atoms with Crippen LogP contribution in [0.5, 0.6) is 0 Å². The van der Waals surface area contributed by atoms with Crippen molar-refractivity contribution in [1.29, 1.82) is 0 Å². The van der Waals surface area contributed by atoms with Gasteiger partial charge < -0.3 is 15.0 Å². The first-order valence-electron chi connectivity index (χ1n) is 9.68. The van der Waals surface area contributed by atoms with E-state index in [2.05, 4.69) is 50.7 Å². The third-order valence-corrected chi connectivity index (χ3v) is 5.40. The van der Waals surface area contributed by atoms with Crippen LogP contribution in [0.15, 0.2) is 18.5 Å². The number of alkyl carbamates (subject to hydrolysis) is 1. The average Bonchev–Trinajstić information content (AvgIpc) is 3.35. The molecule has 0 spiro atoms. The molecular weight excluding hydrogens is 344 g/mol. The molecule has 0 radical (unpaired) electrons. The van der Waals surface area contributed by atoms with Crippen LogP contribution < -0.4 is 5.32 Å². The highest BCUT2D eigenvalue weighted by atomic mass is 16.6. The maximum absolute atomic E-state index is 12.1. The zero-order valence-corrected chi connectivity index (χ0v) is 16.0. The minimum absolute atomic E-state index is 0.0944. The monoisotopic (exact) mass is 370 g/mol. The molecule has 4 rings (SSSR count). The number of aromatic nitrogens is 5. The standard InChI is InChI=1S/C19H26N6O2/c1-4-12-7-13(27-19(26)22-9-11(2)3)8-14(12)18-24-23-16-10-21-17-15(25(16)18)5-6-20-17/h5-6,10-14,20H,4,7-9H2,1-3H3,(H,22,26)/t12-,13+,14+/m1/s1. The second-order valence-corrected chi connectivity index (χ2v) is 7.77. The molecule has 0 saturated heterocycles. The third kappa shape index (κ3) is 3.36. The Morgan fingerprint density at radius 3 is 3.04 bits per heavy atom. The molecule has 1 aliphatic rings. The van der Waals surface area contributed by atoms with Crippen molar-refractivity contribution in [2.75, 3.05) is 6.54 Å². The number of rotatable bonds is 5. The molecule has 1 fully saturated rings. The zero-order chi connectivity index (χ0) is 19.0. The van der Waals surface area contributed by atoms with Crippen molar-refractivity contribution in [2.24, 2.45) is 11.8 Å². The average molecular weight is 370 g/mol. The summed E-state index contributed by atoms with van der Waals surface area (Å²) in [6, 6.07) is 1.99. The van der Waals surface area contributed by atoms with E-state index < -0.39 is 0 Å². The quantitative estimate of drug-likeness (QED) is 0.718. The normalized spacial score (nSPS) is 22.7. The molecule has 3 heterocycles. The molecule has 8 nitrogen and oxygen atoms in total. The first kappa shape index (κ1) is 17.8. The van der Waals surface area contributed by atoms with E-state index in [1.807, 2.05) is 12.3 Å². The number of aromatic amines is 1. The fourth-order valence-corrected chi connectivity index (χ4v) is 4.06. The van der Waals surface area contributed by atoms with Crippen molar-refractivity contribution in [2.45, 2.75) is 52.1 Å². The number of ether oxygens (including phenoxy) is 1. The molecule has 1 saturated carbocycles. The molecule has 1 amide bonds. The SMILES string of the molecule is CC[C@@H]1C[C@H](OC(=O)NCC(C)C)C[C@@H]1c1nnc2cnc3[nH]ccc3n12. The van der Waals surface area contributed by atoms with Crippen LogP contribution in [0.25, 0.3) is 16.8 Å². The summed E-state index contributed by atoms with van der Waals surface area (Å²) >= 11 is 0. The van der Waals surface area contributed by atoms with E-state index in [1.54, 1.807) is 6.20 Å². The summed E-state index contributed by atoms with van der Waals surface area (Å²) in [5, 5.41) is 11.6. The summed E-state index contributed by atoms with van der Waals surface area (Å²) < 4.78 is 7.76. The Labute approximate surface area is 157 Å². The topological polar surface area (TPSA) is 97.2 Å². The summed E-state index contributed by atoms with van der Waals surface area (Å²) in [5.41, 5.74) is 2.53. The number of carbonyl (C=O) groups excluding carboxylic acids is 1. The first-order valence-corrected chi connectivity index (χ1v) is 9.68. The van der Waals surface area contributed by atoms with E-state index in [1.165, 1.54) is 0 Å². The smallest absolute Gasteiger partial charge is 0.407 e. The maximum Gasteiger partial charge on any atom is 0.407 e. The molecule has 2 N–H and O–H groups in total. The molecule has 0 aromatic carbocycles. The number of hydrogen-bond acceptors (Lipinski definition) is 5. The number of nitrogens with one attached hydrogen (secondary N) is 2. The predicted molar refractivity (Wildman–Crippen MR) is 102 cm³/mol. The zero-order valence-electron chi connectivity index (χ0n) is 16.0. The third-order valence-electron chi connectivity index (χ3n) is 5.40. The highest BCUT2D eigenvalue weighted by molar-refractivity contribution is 5.74. The Balaban J connectivity index is 1.57. The van der Waals surface area contributed by atoms with Gasteiger partial charge in [0, 0.05) is 18.7 Å². The second-order valence-electron chi connectivity index (χ2n) is 7.77. The van der Waals surface area contributed by atoms with Crippen LogP contribution in [-0.4, -0.2) is 43.3 Å². The van der Waals surface area contributed by atoms with Gasteiger partial charge in [-0.05, 0) is 30.7 Å². The van der Waals surface area contributed by atoms with Crippen LogP contribution >= 0.6 is 0 Å². The van der Waals surface area contributed by atoms with Gasteiger partial charge in [0.15, 0.2) is 11.3 Å². The second kappa shape index (κ2) is 7.17. The van der Waals surface area contributed by atoms with Crippen LogP contribution in [0.4, 0.5) is 4.79 Å². The minimum Gasteiger partial charge on any atom is -0.446 e. The molecular formula is C19H26N6O2. The predicted octanol–water partition coefficient (Wildman–Crippen LogP) is 3.26. The summed E-state index contributed by atoms with van der Waals surface area (Å²) in [6.07, 6.45) is 5.82. The van der Waals surface area contributed by atoms with E-state index in [0.29, 0.717) is 18.4 Å². The fraction of sp³-hybridized carbons (Fsp3) is 0.579. The Morgan fingerprint density at radius 1 is 1.41 bits per heavy atom. The van der Waals surface area contributed by atoms with Gasteiger partial charge in [0.25, 0.3) is 0 Å². The van der Waals surface area contributed by atoms with Crippen LogP contribution in [0.3, 0.4) is 0 Å². The van der Waals surface area contributed by atoms with E-state index >= 15 is 0 Å². The summed E-state index contributed by atoms with van der Waals surface area (Å²) in [7, 11) is 0. The van der Waals surface area contributed by atoms with Crippen LogP contribution in [0, 0.1) is 11.8 Å². The van der Waals surface area contributed by atoms with Gasteiger partial charge in [-0.2, -0.15) is 0 Å². The lowest BCUT2D eigenvalue weighted by Crippen LogP contribution is -2.30. The molecule has 3 aromatic rings. The first-order chi connectivity index (χ1) is 13.1. The van der Waals surface area contributed by atoms with Crippen molar-refractivity contribution in [3.8, 4) is 0 Å². The van der Waals surface area contributed by atoms with Gasteiger partial charge in [0.2, 0.25) is 0 Å². The van der Waals surface area contributed by atoms with Crippen molar-refractivity contribution in [1.82, 2.24) is 29.9 Å². The lowest BCUT2D eigenvalue weighted by Gasteiger charge is -2.15. The molecule has 0 bridgehead atoms. The van der Waals surface area contributed by atoms with Crippen LogP contribution in [0.2, 0.25) is 0 Å². The van der Waals surface area contributed by atoms with Crippen molar-refractivity contribution in [3.63, 3.8) is 0 Å². The highest BCUT2D eigenvalue weighted by Gasteiger charge is 2.39.